The quantitative estimate of drug-likeness (QED) is 0.449. The van der Waals surface area contributed by atoms with Crippen LogP contribution in [-0.4, -0.2) is 17.7 Å². The van der Waals surface area contributed by atoms with Crippen LogP contribution in [-0.2, 0) is 9.59 Å². The van der Waals surface area contributed by atoms with Crippen LogP contribution in [0.2, 0.25) is 0 Å². The Bertz CT molecular complexity index is 296. The molecule has 122 valence electrons. The highest BCUT2D eigenvalue weighted by Gasteiger charge is 2.17. The maximum Gasteiger partial charge on any atom is 0.227 e. The van der Waals surface area contributed by atoms with Gasteiger partial charge in [-0.3, -0.25) is 9.59 Å². The third kappa shape index (κ3) is 9.65. The van der Waals surface area contributed by atoms with E-state index < -0.39 is 0 Å². The molecule has 0 aromatic heterocycles. The second-order valence-electron chi connectivity index (χ2n) is 6.49. The highest BCUT2D eigenvalue weighted by atomic mass is 16.2. The van der Waals surface area contributed by atoms with Crippen LogP contribution in [0.3, 0.4) is 0 Å². The van der Waals surface area contributed by atoms with Gasteiger partial charge in [0.25, 0.3) is 0 Å². The fraction of sp³-hybridized carbons (Fsp3) is 0.889. The minimum atomic E-state index is -0.0603. The molecule has 0 aromatic carbocycles. The van der Waals surface area contributed by atoms with E-state index in [-0.39, 0.29) is 18.1 Å². The van der Waals surface area contributed by atoms with Gasteiger partial charge in [0.05, 0.1) is 6.42 Å². The number of nitrogens with one attached hydrogen (secondary N) is 1. The zero-order valence-electron chi connectivity index (χ0n) is 13.8. The van der Waals surface area contributed by atoms with Gasteiger partial charge < -0.3 is 5.32 Å². The molecule has 0 heterocycles. The minimum Gasteiger partial charge on any atom is -0.353 e. The van der Waals surface area contributed by atoms with Crippen molar-refractivity contribution in [3.8, 4) is 0 Å². The second-order valence-corrected chi connectivity index (χ2v) is 6.49. The number of carbonyl (C=O) groups is 2. The predicted octanol–water partition coefficient (Wildman–Crippen LogP) is 4.54. The van der Waals surface area contributed by atoms with Gasteiger partial charge >= 0.3 is 0 Å². The Morgan fingerprint density at radius 1 is 0.905 bits per heavy atom. The lowest BCUT2D eigenvalue weighted by atomic mass is 9.95. The van der Waals surface area contributed by atoms with Crippen LogP contribution in [0.4, 0.5) is 0 Å². The van der Waals surface area contributed by atoms with E-state index >= 15 is 0 Å². The number of Topliss-reactive ketones (excluding diaryl/α,β-unsaturated/α-hetero) is 1. The van der Waals surface area contributed by atoms with Crippen molar-refractivity contribution in [1.82, 2.24) is 5.32 Å². The Morgan fingerprint density at radius 3 is 2.19 bits per heavy atom. The molecule has 0 bridgehead atoms. The number of hydrogen-bond donors (Lipinski definition) is 1. The lowest BCUT2D eigenvalue weighted by Gasteiger charge is -2.22. The number of amides is 1. The first-order valence-electron chi connectivity index (χ1n) is 9.03. The Kier molecular flexibility index (Phi) is 10.2. The number of rotatable bonds is 11. The molecule has 1 aliphatic rings. The minimum absolute atomic E-state index is 0.0603. The summed E-state index contributed by atoms with van der Waals surface area (Å²) in [6, 6.07) is 0.317. The molecule has 0 aromatic rings. The van der Waals surface area contributed by atoms with Crippen LogP contribution < -0.4 is 5.32 Å². The molecule has 1 rings (SSSR count). The first kappa shape index (κ1) is 18.2. The maximum absolute atomic E-state index is 11.8. The van der Waals surface area contributed by atoms with E-state index in [0.717, 1.165) is 25.7 Å². The monoisotopic (exact) mass is 295 g/mol. The first-order chi connectivity index (χ1) is 10.2. The largest absolute Gasteiger partial charge is 0.353 e. The number of hydrogen-bond acceptors (Lipinski definition) is 2. The number of carbonyl (C=O) groups excluding carboxylic acids is 2. The highest BCUT2D eigenvalue weighted by Crippen LogP contribution is 2.17. The van der Waals surface area contributed by atoms with Crippen molar-refractivity contribution in [3.63, 3.8) is 0 Å². The molecular weight excluding hydrogens is 262 g/mol. The molecule has 21 heavy (non-hydrogen) atoms. The summed E-state index contributed by atoms with van der Waals surface area (Å²) in [6.07, 6.45) is 15.0. The lowest BCUT2D eigenvalue weighted by molar-refractivity contribution is -0.128. The van der Waals surface area contributed by atoms with Crippen molar-refractivity contribution >= 4 is 11.7 Å². The van der Waals surface area contributed by atoms with Crippen molar-refractivity contribution in [2.45, 2.75) is 103 Å². The molecule has 0 radical (unpaired) electrons. The zero-order chi connectivity index (χ0) is 15.3. The molecule has 0 unspecified atom stereocenters. The molecule has 0 atom stereocenters. The summed E-state index contributed by atoms with van der Waals surface area (Å²) in [6.45, 7) is 2.22. The molecule has 0 aliphatic heterocycles. The van der Waals surface area contributed by atoms with E-state index in [4.69, 9.17) is 0 Å². The Balaban J connectivity index is 1.98. The zero-order valence-corrected chi connectivity index (χ0v) is 13.8. The van der Waals surface area contributed by atoms with Gasteiger partial charge in [-0.25, -0.2) is 0 Å². The topological polar surface area (TPSA) is 46.2 Å². The molecule has 0 spiro atoms. The average Bonchev–Trinajstić information content (AvgIpc) is 2.47. The molecule has 0 saturated heterocycles. The van der Waals surface area contributed by atoms with Crippen LogP contribution in [0, 0.1) is 0 Å². The average molecular weight is 295 g/mol. The van der Waals surface area contributed by atoms with Crippen molar-refractivity contribution in [1.29, 1.82) is 0 Å². The summed E-state index contributed by atoms with van der Waals surface area (Å²) >= 11 is 0. The highest BCUT2D eigenvalue weighted by molar-refractivity contribution is 5.98. The molecule has 3 nitrogen and oxygen atoms in total. The van der Waals surface area contributed by atoms with Gasteiger partial charge in [-0.05, 0) is 19.3 Å². The Hall–Kier alpha value is -0.860. The van der Waals surface area contributed by atoms with Crippen molar-refractivity contribution < 1.29 is 9.59 Å². The van der Waals surface area contributed by atoms with E-state index in [1.807, 2.05) is 0 Å². The van der Waals surface area contributed by atoms with Crippen LogP contribution in [0.15, 0.2) is 0 Å². The normalized spacial score (nSPS) is 15.9. The summed E-state index contributed by atoms with van der Waals surface area (Å²) in [5.41, 5.74) is 0. The van der Waals surface area contributed by atoms with Gasteiger partial charge in [0, 0.05) is 12.5 Å². The van der Waals surface area contributed by atoms with E-state index in [0.29, 0.717) is 12.5 Å². The smallest absolute Gasteiger partial charge is 0.227 e. The summed E-state index contributed by atoms with van der Waals surface area (Å²) in [5, 5.41) is 3.01. The van der Waals surface area contributed by atoms with E-state index in [1.54, 1.807) is 0 Å². The SMILES string of the molecule is CCCCCCCCCC(=O)CC(=O)NC1CCCCC1. The third-order valence-corrected chi connectivity index (χ3v) is 4.39. The van der Waals surface area contributed by atoms with Gasteiger partial charge in [-0.2, -0.15) is 0 Å². The molecule has 1 N–H and O–H groups in total. The first-order valence-corrected chi connectivity index (χ1v) is 9.03. The van der Waals surface area contributed by atoms with Crippen LogP contribution in [0.25, 0.3) is 0 Å². The van der Waals surface area contributed by atoms with E-state index in [2.05, 4.69) is 12.2 Å². The van der Waals surface area contributed by atoms with Crippen molar-refractivity contribution in [3.05, 3.63) is 0 Å². The molecule has 1 fully saturated rings. The summed E-state index contributed by atoms with van der Waals surface area (Å²) < 4.78 is 0. The van der Waals surface area contributed by atoms with Gasteiger partial charge in [-0.1, -0.05) is 64.7 Å². The van der Waals surface area contributed by atoms with E-state index in [9.17, 15) is 9.59 Å². The lowest BCUT2D eigenvalue weighted by Crippen LogP contribution is -2.37. The van der Waals surface area contributed by atoms with Gasteiger partial charge in [0.15, 0.2) is 0 Å². The van der Waals surface area contributed by atoms with Crippen LogP contribution in [0.1, 0.15) is 96.8 Å². The number of unbranched alkanes of at least 4 members (excludes halogenated alkanes) is 6. The predicted molar refractivity (Wildman–Crippen MR) is 87.2 cm³/mol. The summed E-state index contributed by atoms with van der Waals surface area (Å²) in [4.78, 5) is 23.6. The molecular formula is C18H33NO2. The van der Waals surface area contributed by atoms with E-state index in [1.165, 1.54) is 51.4 Å². The number of ketones is 1. The standard InChI is InChI=1S/C18H33NO2/c1-2-3-4-5-6-7-11-14-17(20)15-18(21)19-16-12-9-8-10-13-16/h16H,2-15H2,1H3,(H,19,21). The molecule has 1 amide bonds. The molecule has 1 saturated carbocycles. The molecule has 3 heteroatoms. The fourth-order valence-corrected chi connectivity index (χ4v) is 3.07. The van der Waals surface area contributed by atoms with Crippen molar-refractivity contribution in [2.75, 3.05) is 0 Å². The summed E-state index contributed by atoms with van der Waals surface area (Å²) in [7, 11) is 0. The maximum atomic E-state index is 11.8. The third-order valence-electron chi connectivity index (χ3n) is 4.39. The van der Waals surface area contributed by atoms with Gasteiger partial charge in [0.2, 0.25) is 5.91 Å². The second kappa shape index (κ2) is 11.8. The molecule has 1 aliphatic carbocycles. The van der Waals surface area contributed by atoms with Crippen molar-refractivity contribution in [2.24, 2.45) is 0 Å². The fourth-order valence-electron chi connectivity index (χ4n) is 3.07. The van der Waals surface area contributed by atoms with Gasteiger partial charge in [-0.15, -0.1) is 0 Å². The Morgan fingerprint density at radius 2 is 1.52 bits per heavy atom. The Labute approximate surface area is 130 Å². The van der Waals surface area contributed by atoms with Crippen LogP contribution in [0.5, 0.6) is 0 Å². The van der Waals surface area contributed by atoms with Gasteiger partial charge in [0.1, 0.15) is 5.78 Å². The summed E-state index contributed by atoms with van der Waals surface area (Å²) in [5.74, 6) is 0.0479. The van der Waals surface area contributed by atoms with Crippen LogP contribution >= 0.6 is 0 Å².